The van der Waals surface area contributed by atoms with Crippen molar-refractivity contribution in [3.63, 3.8) is 0 Å². The van der Waals surface area contributed by atoms with Crippen LogP contribution in [0.4, 0.5) is 11.5 Å². The van der Waals surface area contributed by atoms with Crippen molar-refractivity contribution in [1.82, 2.24) is 9.97 Å². The summed E-state index contributed by atoms with van der Waals surface area (Å²) in [6.45, 7) is 8.00. The lowest BCUT2D eigenvalue weighted by molar-refractivity contribution is 0.940. The van der Waals surface area contributed by atoms with Gasteiger partial charge in [-0.15, -0.1) is 0 Å². The molecule has 1 aliphatic heterocycles. The van der Waals surface area contributed by atoms with Gasteiger partial charge in [-0.1, -0.05) is 27.7 Å². The lowest BCUT2D eigenvalue weighted by Gasteiger charge is -2.08. The first-order valence-corrected chi connectivity index (χ1v) is 5.50. The molecule has 0 atom stereocenters. The Hall–Kier alpha value is -1.45. The van der Waals surface area contributed by atoms with Gasteiger partial charge < -0.3 is 5.73 Å². The Morgan fingerprint density at radius 2 is 1.80 bits per heavy atom. The highest BCUT2D eigenvalue weighted by Crippen LogP contribution is 2.25. The highest BCUT2D eigenvalue weighted by Gasteiger charge is 2.09. The molecule has 1 aliphatic rings. The van der Waals surface area contributed by atoms with Gasteiger partial charge in [0.25, 0.3) is 0 Å². The summed E-state index contributed by atoms with van der Waals surface area (Å²) in [6, 6.07) is 0. The van der Waals surface area contributed by atoms with E-state index >= 15 is 0 Å². The number of hydrogen-bond acceptors (Lipinski definition) is 4. The highest BCUT2D eigenvalue weighted by molar-refractivity contribution is 5.73. The molecule has 1 aromatic heterocycles. The van der Waals surface area contributed by atoms with Crippen molar-refractivity contribution in [2.24, 2.45) is 4.99 Å². The average Bonchev–Trinajstić information content (AvgIpc) is 2.35. The molecule has 15 heavy (non-hydrogen) atoms. The van der Waals surface area contributed by atoms with Crippen molar-refractivity contribution in [2.45, 2.75) is 40.5 Å². The van der Waals surface area contributed by atoms with Gasteiger partial charge in [-0.05, 0) is 12.8 Å². The van der Waals surface area contributed by atoms with Crippen LogP contribution in [0.5, 0.6) is 0 Å². The van der Waals surface area contributed by atoms with E-state index in [0.29, 0.717) is 5.82 Å². The number of fused-ring (bicyclic) bond motifs is 1. The lowest BCUT2D eigenvalue weighted by Crippen LogP contribution is -2.01. The summed E-state index contributed by atoms with van der Waals surface area (Å²) >= 11 is 0. The van der Waals surface area contributed by atoms with Crippen molar-refractivity contribution < 1.29 is 0 Å². The first-order chi connectivity index (χ1) is 7.38. The average molecular weight is 208 g/mol. The Labute approximate surface area is 91.7 Å². The fourth-order valence-electron chi connectivity index (χ4n) is 1.11. The minimum atomic E-state index is 0.478. The molecule has 0 radical (unpaired) electrons. The number of anilines is 1. The number of rotatable bonds is 0. The molecule has 4 heteroatoms. The predicted octanol–water partition coefficient (Wildman–Crippen LogP) is 2.76. The molecule has 0 bridgehead atoms. The van der Waals surface area contributed by atoms with Crippen LogP contribution in [0.25, 0.3) is 0 Å². The van der Waals surface area contributed by atoms with Gasteiger partial charge in [-0.2, -0.15) is 0 Å². The number of nitrogens with zero attached hydrogens (tertiary/aromatic N) is 3. The molecule has 0 aliphatic carbocycles. The maximum atomic E-state index is 5.58. The van der Waals surface area contributed by atoms with Crippen LogP contribution >= 0.6 is 0 Å². The topological polar surface area (TPSA) is 64.2 Å². The van der Waals surface area contributed by atoms with Crippen LogP contribution in [0.3, 0.4) is 0 Å². The standard InChI is InChI=1S/C7H8N4.2C2H6/c8-7-6-5(10-4-11-7)2-1-3-9-6;2*1-2/h3-4H,1-2H2,(H2,8,10,11);2*1-2H3. The number of aromatic nitrogens is 2. The third-order valence-corrected chi connectivity index (χ3v) is 1.66. The fourth-order valence-corrected chi connectivity index (χ4v) is 1.11. The first kappa shape index (κ1) is 13.5. The van der Waals surface area contributed by atoms with E-state index in [1.54, 1.807) is 0 Å². The Morgan fingerprint density at radius 3 is 2.40 bits per heavy atom. The van der Waals surface area contributed by atoms with Crippen molar-refractivity contribution in [2.75, 3.05) is 5.73 Å². The van der Waals surface area contributed by atoms with Crippen molar-refractivity contribution >= 4 is 17.7 Å². The van der Waals surface area contributed by atoms with Crippen LogP contribution < -0.4 is 5.73 Å². The number of hydrogen-bond donors (Lipinski definition) is 1. The van der Waals surface area contributed by atoms with E-state index in [0.717, 1.165) is 24.2 Å². The van der Waals surface area contributed by atoms with Gasteiger partial charge in [0.2, 0.25) is 0 Å². The molecule has 0 aromatic carbocycles. The summed E-state index contributed by atoms with van der Waals surface area (Å²) in [5, 5.41) is 0. The van der Waals surface area contributed by atoms with Gasteiger partial charge in [-0.25, -0.2) is 9.97 Å². The molecular formula is C11H20N4. The Bertz CT molecular complexity index is 307. The number of nitrogen functional groups attached to an aromatic ring is 1. The fraction of sp³-hybridized carbons (Fsp3) is 0.545. The Kier molecular flexibility index (Phi) is 7.14. The zero-order valence-corrected chi connectivity index (χ0v) is 9.99. The maximum absolute atomic E-state index is 5.58. The molecule has 0 amide bonds. The van der Waals surface area contributed by atoms with Gasteiger partial charge in [0.05, 0.1) is 5.69 Å². The van der Waals surface area contributed by atoms with Crippen LogP contribution in [0.2, 0.25) is 0 Å². The van der Waals surface area contributed by atoms with Crippen LogP contribution in [0.1, 0.15) is 39.8 Å². The molecule has 84 valence electrons. The zero-order valence-electron chi connectivity index (χ0n) is 9.99. The normalized spacial score (nSPS) is 11.5. The lowest BCUT2D eigenvalue weighted by atomic mass is 10.2. The van der Waals surface area contributed by atoms with Crippen LogP contribution in [0.15, 0.2) is 11.3 Å². The van der Waals surface area contributed by atoms with Gasteiger partial charge in [0.15, 0.2) is 5.82 Å². The molecule has 2 rings (SSSR count). The van der Waals surface area contributed by atoms with E-state index in [1.165, 1.54) is 6.33 Å². The van der Waals surface area contributed by atoms with Crippen molar-refractivity contribution in [1.29, 1.82) is 0 Å². The molecule has 2 N–H and O–H groups in total. The summed E-state index contributed by atoms with van der Waals surface area (Å²) in [4.78, 5) is 12.0. The van der Waals surface area contributed by atoms with Gasteiger partial charge in [0, 0.05) is 6.21 Å². The molecule has 2 heterocycles. The van der Waals surface area contributed by atoms with Crippen molar-refractivity contribution in [3.05, 3.63) is 12.0 Å². The second-order valence-corrected chi connectivity index (χ2v) is 2.40. The minimum Gasteiger partial charge on any atom is -0.382 e. The quantitative estimate of drug-likeness (QED) is 0.713. The van der Waals surface area contributed by atoms with Gasteiger partial charge in [-0.3, -0.25) is 4.99 Å². The summed E-state index contributed by atoms with van der Waals surface area (Å²) in [7, 11) is 0. The predicted molar refractivity (Wildman–Crippen MR) is 65.6 cm³/mol. The molecule has 0 unspecified atom stereocenters. The largest absolute Gasteiger partial charge is 0.382 e. The van der Waals surface area contributed by atoms with E-state index < -0.39 is 0 Å². The van der Waals surface area contributed by atoms with Gasteiger partial charge >= 0.3 is 0 Å². The maximum Gasteiger partial charge on any atom is 0.153 e. The molecule has 0 saturated heterocycles. The molecule has 0 saturated carbocycles. The zero-order chi connectivity index (χ0) is 11.7. The molecule has 0 fully saturated rings. The Morgan fingerprint density at radius 1 is 1.13 bits per heavy atom. The van der Waals surface area contributed by atoms with E-state index in [2.05, 4.69) is 15.0 Å². The van der Waals surface area contributed by atoms with E-state index in [9.17, 15) is 0 Å². The SMILES string of the molecule is CC.CC.Nc1ncnc2c1N=CCC2. The first-order valence-electron chi connectivity index (χ1n) is 5.50. The molecular weight excluding hydrogens is 188 g/mol. The molecule has 0 spiro atoms. The summed E-state index contributed by atoms with van der Waals surface area (Å²) in [5.74, 6) is 0.478. The third-order valence-electron chi connectivity index (χ3n) is 1.66. The monoisotopic (exact) mass is 208 g/mol. The number of nitrogens with two attached hydrogens (primary N) is 1. The van der Waals surface area contributed by atoms with E-state index in [1.807, 2.05) is 33.9 Å². The molecule has 1 aromatic rings. The molecule has 4 nitrogen and oxygen atoms in total. The summed E-state index contributed by atoms with van der Waals surface area (Å²) in [6.07, 6.45) is 5.20. The number of aryl methyl sites for hydroxylation is 1. The van der Waals surface area contributed by atoms with Crippen molar-refractivity contribution in [3.8, 4) is 0 Å². The second-order valence-electron chi connectivity index (χ2n) is 2.40. The van der Waals surface area contributed by atoms with E-state index in [4.69, 9.17) is 5.73 Å². The third kappa shape index (κ3) is 3.65. The summed E-state index contributed by atoms with van der Waals surface area (Å²) in [5.41, 5.74) is 7.28. The Balaban J connectivity index is 0.000000442. The second kappa shape index (κ2) is 7.91. The van der Waals surface area contributed by atoms with Crippen LogP contribution in [0, 0.1) is 0 Å². The number of aliphatic imine (C=N–C) groups is 1. The minimum absolute atomic E-state index is 0.478. The van der Waals surface area contributed by atoms with Crippen LogP contribution in [-0.2, 0) is 6.42 Å². The highest BCUT2D eigenvalue weighted by atomic mass is 15.0. The summed E-state index contributed by atoms with van der Waals surface area (Å²) < 4.78 is 0. The smallest absolute Gasteiger partial charge is 0.153 e. The van der Waals surface area contributed by atoms with Gasteiger partial charge in [0.1, 0.15) is 12.0 Å². The van der Waals surface area contributed by atoms with E-state index in [-0.39, 0.29) is 0 Å². The van der Waals surface area contributed by atoms with Crippen LogP contribution in [-0.4, -0.2) is 16.2 Å².